The first kappa shape index (κ1) is 18.3. The summed E-state index contributed by atoms with van der Waals surface area (Å²) in [5, 5.41) is 8.61. The van der Waals surface area contributed by atoms with Crippen molar-refractivity contribution in [3.05, 3.63) is 48.3 Å². The third-order valence-electron chi connectivity index (χ3n) is 3.23. The molecule has 0 atom stereocenters. The third-order valence-corrected chi connectivity index (χ3v) is 3.23. The van der Waals surface area contributed by atoms with Gasteiger partial charge < -0.3 is 19.5 Å². The minimum atomic E-state index is -1.05. The van der Waals surface area contributed by atoms with Crippen LogP contribution in [0.4, 0.5) is 5.69 Å². The maximum absolute atomic E-state index is 12.7. The molecule has 0 spiro atoms. The van der Waals surface area contributed by atoms with Gasteiger partial charge in [-0.25, -0.2) is 9.78 Å². The van der Waals surface area contributed by atoms with E-state index in [1.807, 2.05) is 13.8 Å². The smallest absolute Gasteiger partial charge is 0.341 e. The number of pyridine rings is 1. The summed E-state index contributed by atoms with van der Waals surface area (Å²) in [5.74, 6) is -0.524. The number of ether oxygens (including phenoxy) is 2. The molecular formula is C18H20N2O5. The molecule has 132 valence electrons. The Labute approximate surface area is 145 Å². The topological polar surface area (TPSA) is 89.0 Å². The lowest BCUT2D eigenvalue weighted by molar-refractivity contribution is -0.139. The summed E-state index contributed by atoms with van der Waals surface area (Å²) in [4.78, 5) is 28.8. The number of rotatable bonds is 7. The number of aliphatic carboxylic acids is 1. The van der Waals surface area contributed by atoms with Gasteiger partial charge in [-0.15, -0.1) is 0 Å². The Morgan fingerprint density at radius 3 is 2.48 bits per heavy atom. The number of aromatic nitrogens is 1. The number of nitrogens with zero attached hydrogens (tertiary/aromatic N) is 2. The molecule has 25 heavy (non-hydrogen) atoms. The third kappa shape index (κ3) is 4.94. The van der Waals surface area contributed by atoms with Gasteiger partial charge in [0.25, 0.3) is 5.91 Å². The summed E-state index contributed by atoms with van der Waals surface area (Å²) < 4.78 is 10.7. The van der Waals surface area contributed by atoms with Crippen LogP contribution in [0.5, 0.6) is 11.5 Å². The van der Waals surface area contributed by atoms with Crippen LogP contribution in [0.3, 0.4) is 0 Å². The first-order valence-electron chi connectivity index (χ1n) is 7.73. The summed E-state index contributed by atoms with van der Waals surface area (Å²) in [6, 6.07) is 9.96. The number of hydrogen-bond donors (Lipinski definition) is 1. The minimum absolute atomic E-state index is 0.0771. The number of carbonyl (C=O) groups is 2. The number of anilines is 1. The molecule has 1 aromatic carbocycles. The van der Waals surface area contributed by atoms with Crippen LogP contribution < -0.4 is 14.4 Å². The summed E-state index contributed by atoms with van der Waals surface area (Å²) in [7, 11) is 1.63. The van der Waals surface area contributed by atoms with Crippen LogP contribution in [0.15, 0.2) is 42.6 Å². The molecule has 0 radical (unpaired) electrons. The lowest BCUT2D eigenvalue weighted by atomic mass is 10.2. The Bertz CT molecular complexity index is 743. The van der Waals surface area contributed by atoms with E-state index >= 15 is 0 Å². The molecule has 1 N–H and O–H groups in total. The van der Waals surface area contributed by atoms with E-state index in [-0.39, 0.29) is 17.7 Å². The Kier molecular flexibility index (Phi) is 5.94. The second-order valence-electron chi connectivity index (χ2n) is 5.56. The van der Waals surface area contributed by atoms with Crippen molar-refractivity contribution in [3.63, 3.8) is 0 Å². The van der Waals surface area contributed by atoms with Crippen LogP contribution in [0.1, 0.15) is 24.3 Å². The molecule has 2 rings (SSSR count). The van der Waals surface area contributed by atoms with Crippen molar-refractivity contribution in [1.82, 2.24) is 4.98 Å². The second kappa shape index (κ2) is 8.14. The van der Waals surface area contributed by atoms with Gasteiger partial charge in [0.1, 0.15) is 5.75 Å². The molecule has 1 heterocycles. The van der Waals surface area contributed by atoms with Gasteiger partial charge in [-0.05, 0) is 50.2 Å². The fourth-order valence-electron chi connectivity index (χ4n) is 2.09. The molecule has 0 saturated carbocycles. The van der Waals surface area contributed by atoms with Crippen LogP contribution in [0.2, 0.25) is 0 Å². The number of carbonyl (C=O) groups excluding carboxylic acids is 1. The molecule has 1 aromatic heterocycles. The Morgan fingerprint density at radius 2 is 1.88 bits per heavy atom. The Morgan fingerprint density at radius 1 is 1.20 bits per heavy atom. The Hall–Kier alpha value is -3.09. The first-order chi connectivity index (χ1) is 11.9. The zero-order chi connectivity index (χ0) is 18.4. The quantitative estimate of drug-likeness (QED) is 0.830. The highest BCUT2D eigenvalue weighted by atomic mass is 16.5. The fourth-order valence-corrected chi connectivity index (χ4v) is 2.09. The molecule has 7 nitrogen and oxygen atoms in total. The van der Waals surface area contributed by atoms with Crippen LogP contribution in [-0.2, 0) is 4.79 Å². The highest BCUT2D eigenvalue weighted by Gasteiger charge is 2.20. The van der Waals surface area contributed by atoms with Crippen molar-refractivity contribution in [1.29, 1.82) is 0 Å². The lowest BCUT2D eigenvalue weighted by Crippen LogP contribution is -2.28. The van der Waals surface area contributed by atoms with Gasteiger partial charge in [-0.1, -0.05) is 0 Å². The largest absolute Gasteiger partial charge is 0.489 e. The summed E-state index contributed by atoms with van der Waals surface area (Å²) in [6.45, 7) is 3.33. The zero-order valence-electron chi connectivity index (χ0n) is 14.3. The first-order valence-corrected chi connectivity index (χ1v) is 7.73. The zero-order valence-corrected chi connectivity index (χ0v) is 14.3. The van der Waals surface area contributed by atoms with Gasteiger partial charge >= 0.3 is 5.97 Å². The van der Waals surface area contributed by atoms with Crippen LogP contribution in [0.25, 0.3) is 0 Å². The lowest BCUT2D eigenvalue weighted by Gasteiger charge is -2.19. The number of carboxylic acid groups (broad SMARTS) is 1. The predicted octanol–water partition coefficient (Wildman–Crippen LogP) is 2.61. The Balaban J connectivity index is 2.16. The fraction of sp³-hybridized carbons (Fsp3) is 0.278. The van der Waals surface area contributed by atoms with Crippen molar-refractivity contribution in [3.8, 4) is 11.5 Å². The molecule has 0 unspecified atom stereocenters. The summed E-state index contributed by atoms with van der Waals surface area (Å²) >= 11 is 0. The maximum atomic E-state index is 12.7. The highest BCUT2D eigenvalue weighted by Crippen LogP contribution is 2.23. The SMILES string of the molecule is CC(C)Oc1cccnc1C(=O)N(C)c1ccc(OCC(=O)O)cc1. The van der Waals surface area contributed by atoms with Crippen molar-refractivity contribution < 1.29 is 24.2 Å². The van der Waals surface area contributed by atoms with Crippen LogP contribution >= 0.6 is 0 Å². The summed E-state index contributed by atoms with van der Waals surface area (Å²) in [6.07, 6.45) is 1.46. The van der Waals surface area contributed by atoms with Crippen molar-refractivity contribution in [2.45, 2.75) is 20.0 Å². The normalized spacial score (nSPS) is 10.4. The molecule has 1 amide bonds. The van der Waals surface area contributed by atoms with Gasteiger partial charge in [-0.3, -0.25) is 4.79 Å². The maximum Gasteiger partial charge on any atom is 0.341 e. The number of benzene rings is 1. The van der Waals surface area contributed by atoms with E-state index in [9.17, 15) is 9.59 Å². The average molecular weight is 344 g/mol. The van der Waals surface area contributed by atoms with E-state index < -0.39 is 12.6 Å². The van der Waals surface area contributed by atoms with Gasteiger partial charge in [0.05, 0.1) is 6.10 Å². The number of carboxylic acids is 1. The van der Waals surface area contributed by atoms with Crippen molar-refractivity contribution in [2.75, 3.05) is 18.6 Å². The van der Waals surface area contributed by atoms with Crippen molar-refractivity contribution >= 4 is 17.6 Å². The summed E-state index contributed by atoms with van der Waals surface area (Å²) in [5.41, 5.74) is 0.846. The van der Waals surface area contributed by atoms with E-state index in [0.29, 0.717) is 17.2 Å². The molecule has 0 saturated heterocycles. The molecule has 0 fully saturated rings. The van der Waals surface area contributed by atoms with E-state index in [1.54, 1.807) is 43.4 Å². The standard InChI is InChI=1S/C18H20N2O5/c1-12(2)25-15-5-4-10-19-17(15)18(23)20(3)13-6-8-14(9-7-13)24-11-16(21)22/h4-10,12H,11H2,1-3H3,(H,21,22). The van der Waals surface area contributed by atoms with Gasteiger partial charge in [0.15, 0.2) is 18.1 Å². The van der Waals surface area contributed by atoms with E-state index in [1.165, 1.54) is 11.1 Å². The van der Waals surface area contributed by atoms with Crippen LogP contribution in [0, 0.1) is 0 Å². The van der Waals surface area contributed by atoms with Crippen molar-refractivity contribution in [2.24, 2.45) is 0 Å². The number of amides is 1. The van der Waals surface area contributed by atoms with Gasteiger partial charge in [0.2, 0.25) is 0 Å². The minimum Gasteiger partial charge on any atom is -0.489 e. The van der Waals surface area contributed by atoms with E-state index in [0.717, 1.165) is 0 Å². The van der Waals surface area contributed by atoms with E-state index in [4.69, 9.17) is 14.6 Å². The monoisotopic (exact) mass is 344 g/mol. The number of hydrogen-bond acceptors (Lipinski definition) is 5. The highest BCUT2D eigenvalue weighted by molar-refractivity contribution is 6.06. The molecular weight excluding hydrogens is 324 g/mol. The molecule has 0 aliphatic rings. The molecule has 0 aliphatic heterocycles. The molecule has 0 aliphatic carbocycles. The molecule has 2 aromatic rings. The molecule has 0 bridgehead atoms. The van der Waals surface area contributed by atoms with Gasteiger partial charge in [-0.2, -0.15) is 0 Å². The van der Waals surface area contributed by atoms with Crippen LogP contribution in [-0.4, -0.2) is 41.7 Å². The average Bonchev–Trinajstić information content (AvgIpc) is 2.59. The van der Waals surface area contributed by atoms with E-state index in [2.05, 4.69) is 4.98 Å². The predicted molar refractivity (Wildman–Crippen MR) is 92.3 cm³/mol. The molecule has 7 heteroatoms. The van der Waals surface area contributed by atoms with Gasteiger partial charge in [0, 0.05) is 18.9 Å². The second-order valence-corrected chi connectivity index (χ2v) is 5.56.